The normalized spacial score (nSPS) is 21.2. The maximum Gasteiger partial charge on any atom is 0.139 e. The Bertz CT molecular complexity index is 1200. The molecule has 0 aliphatic carbocycles. The zero-order chi connectivity index (χ0) is 22.0. The first kappa shape index (κ1) is 21.4. The van der Waals surface area contributed by atoms with E-state index in [0.29, 0.717) is 17.7 Å². The molecule has 0 radical (unpaired) electrons. The van der Waals surface area contributed by atoms with Crippen LogP contribution in [0.1, 0.15) is 38.2 Å². The molecule has 1 aliphatic rings. The lowest BCUT2D eigenvalue weighted by atomic mass is 9.94. The monoisotopic (exact) mass is 448 g/mol. The molecule has 166 valence electrons. The summed E-state index contributed by atoms with van der Waals surface area (Å²) in [6.45, 7) is 6.41. The summed E-state index contributed by atoms with van der Waals surface area (Å²) in [7, 11) is 0. The van der Waals surface area contributed by atoms with Crippen molar-refractivity contribution in [3.8, 4) is 5.75 Å². The molecule has 0 saturated carbocycles. The number of hydrogen-bond donors (Lipinski definition) is 0. The molecule has 1 fully saturated rings. The van der Waals surface area contributed by atoms with Gasteiger partial charge in [0.2, 0.25) is 0 Å². The molecule has 2 atom stereocenters. The lowest BCUT2D eigenvalue weighted by Gasteiger charge is -2.47. The quantitative estimate of drug-likeness (QED) is 0.271. The third-order valence-corrected chi connectivity index (χ3v) is 7.42. The Kier molecular flexibility index (Phi) is 6.12. The van der Waals surface area contributed by atoms with Crippen molar-refractivity contribution in [3.05, 3.63) is 77.3 Å². The number of furan rings is 1. The Labute approximate surface area is 195 Å². The van der Waals surface area contributed by atoms with Crippen LogP contribution in [0.3, 0.4) is 0 Å². The third-order valence-electron chi connectivity index (χ3n) is 7.19. The van der Waals surface area contributed by atoms with Crippen molar-refractivity contribution in [1.29, 1.82) is 0 Å². The van der Waals surface area contributed by atoms with Crippen LogP contribution in [0.5, 0.6) is 5.75 Å². The highest BCUT2D eigenvalue weighted by molar-refractivity contribution is 6.31. The van der Waals surface area contributed by atoms with Crippen LogP contribution in [0.15, 0.2) is 71.1 Å². The second-order valence-corrected chi connectivity index (χ2v) is 9.55. The van der Waals surface area contributed by atoms with Crippen molar-refractivity contribution >= 4 is 33.5 Å². The molecule has 1 aromatic heterocycles. The Morgan fingerprint density at radius 1 is 0.969 bits per heavy atom. The molecule has 0 spiro atoms. The Morgan fingerprint density at radius 2 is 1.75 bits per heavy atom. The van der Waals surface area contributed by atoms with Gasteiger partial charge in [0, 0.05) is 33.5 Å². The molecule has 0 bridgehead atoms. The minimum Gasteiger partial charge on any atom is -0.488 e. The van der Waals surface area contributed by atoms with Gasteiger partial charge >= 0.3 is 0 Å². The van der Waals surface area contributed by atoms with Gasteiger partial charge in [-0.2, -0.15) is 0 Å². The molecule has 32 heavy (non-hydrogen) atoms. The van der Waals surface area contributed by atoms with E-state index in [0.717, 1.165) is 45.3 Å². The fraction of sp³-hybridized carbons (Fsp3) is 0.357. The highest BCUT2D eigenvalue weighted by atomic mass is 35.5. The summed E-state index contributed by atoms with van der Waals surface area (Å²) < 4.78 is 13.5. The molecule has 3 nitrogen and oxygen atoms in total. The van der Waals surface area contributed by atoms with E-state index in [2.05, 4.69) is 49.4 Å². The summed E-state index contributed by atoms with van der Waals surface area (Å²) in [6.07, 6.45) is 5.19. The van der Waals surface area contributed by atoms with Crippen LogP contribution >= 0.6 is 11.6 Å². The maximum absolute atomic E-state index is 6.29. The van der Waals surface area contributed by atoms with E-state index < -0.39 is 0 Å². The zero-order valence-electron chi connectivity index (χ0n) is 18.7. The smallest absolute Gasteiger partial charge is 0.139 e. The molecule has 4 heteroatoms. The first-order valence-electron chi connectivity index (χ1n) is 11.8. The number of halogens is 1. The van der Waals surface area contributed by atoms with Crippen LogP contribution < -0.4 is 4.74 Å². The molecule has 5 rings (SSSR count). The van der Waals surface area contributed by atoms with Crippen molar-refractivity contribution < 1.29 is 13.6 Å². The highest BCUT2D eigenvalue weighted by Gasteiger charge is 2.38. The average molecular weight is 449 g/mol. The summed E-state index contributed by atoms with van der Waals surface area (Å²) in [6, 6.07) is 23.6. The number of piperidine rings is 1. The summed E-state index contributed by atoms with van der Waals surface area (Å²) in [4.78, 5) is 0. The number of hydrogen-bond acceptors (Lipinski definition) is 2. The average Bonchev–Trinajstić information content (AvgIpc) is 3.16. The zero-order valence-corrected chi connectivity index (χ0v) is 19.5. The second-order valence-electron chi connectivity index (χ2n) is 9.12. The molecule has 1 saturated heterocycles. The van der Waals surface area contributed by atoms with E-state index in [1.54, 1.807) is 0 Å². The van der Waals surface area contributed by atoms with Crippen molar-refractivity contribution in [2.45, 2.75) is 45.2 Å². The largest absolute Gasteiger partial charge is 0.488 e. The van der Waals surface area contributed by atoms with Crippen molar-refractivity contribution in [1.82, 2.24) is 0 Å². The maximum atomic E-state index is 6.29. The summed E-state index contributed by atoms with van der Waals surface area (Å²) in [5.41, 5.74) is 3.09. The van der Waals surface area contributed by atoms with E-state index >= 15 is 0 Å². The first-order chi connectivity index (χ1) is 15.7. The molecule has 4 aromatic rings. The van der Waals surface area contributed by atoms with Crippen LogP contribution in [0, 0.1) is 0 Å². The predicted octanol–water partition coefficient (Wildman–Crippen LogP) is 7.60. The van der Waals surface area contributed by atoms with Crippen molar-refractivity contribution in [2.24, 2.45) is 0 Å². The lowest BCUT2D eigenvalue weighted by Crippen LogP contribution is -2.58. The highest BCUT2D eigenvalue weighted by Crippen LogP contribution is 2.34. The number of rotatable bonds is 7. The Balaban J connectivity index is 1.34. The van der Waals surface area contributed by atoms with Crippen molar-refractivity contribution in [2.75, 3.05) is 19.7 Å². The van der Waals surface area contributed by atoms with E-state index in [9.17, 15) is 0 Å². The minimum atomic E-state index is 0.687. The number of benzene rings is 3. The summed E-state index contributed by atoms with van der Waals surface area (Å²) in [5, 5.41) is 2.87. The van der Waals surface area contributed by atoms with Gasteiger partial charge in [-0.15, -0.1) is 0 Å². The predicted molar refractivity (Wildman–Crippen MR) is 132 cm³/mol. The van der Waals surface area contributed by atoms with Gasteiger partial charge < -0.3 is 13.6 Å². The molecular formula is C28H31ClNO2+. The SMILES string of the molecule is CCC1CCCC[N+]1(CCOc1ccc2c(c1)oc1cc(Cl)ccc12)Cc1ccccc1. The number of ether oxygens (including phenoxy) is 1. The van der Waals surface area contributed by atoms with Crippen LogP contribution in [0.25, 0.3) is 21.9 Å². The molecule has 2 heterocycles. The van der Waals surface area contributed by atoms with Gasteiger partial charge in [0.05, 0.1) is 12.6 Å². The van der Waals surface area contributed by atoms with E-state index in [1.807, 2.05) is 24.3 Å². The van der Waals surface area contributed by atoms with Crippen LogP contribution in [-0.2, 0) is 6.54 Å². The van der Waals surface area contributed by atoms with Gasteiger partial charge in [0.25, 0.3) is 0 Å². The standard InChI is InChI=1S/C28H31ClNO2/c1-2-23-10-6-7-15-30(23,20-21-8-4-3-5-9-21)16-17-31-24-12-14-26-25-13-11-22(29)18-27(25)32-28(26)19-24/h3-5,8-9,11-14,18-19,23H,2,6-7,10,15-17,20H2,1H3/q+1. The lowest BCUT2D eigenvalue weighted by molar-refractivity contribution is -0.968. The fourth-order valence-corrected chi connectivity index (χ4v) is 5.71. The molecule has 2 unspecified atom stereocenters. The van der Waals surface area contributed by atoms with E-state index in [-0.39, 0.29) is 0 Å². The number of nitrogens with zero attached hydrogens (tertiary/aromatic N) is 1. The Hall–Kier alpha value is -2.49. The summed E-state index contributed by atoms with van der Waals surface area (Å²) in [5.74, 6) is 0.866. The van der Waals surface area contributed by atoms with Gasteiger partial charge in [-0.25, -0.2) is 0 Å². The van der Waals surface area contributed by atoms with Gasteiger partial charge in [-0.05, 0) is 49.9 Å². The van der Waals surface area contributed by atoms with Gasteiger partial charge in [-0.3, -0.25) is 0 Å². The topological polar surface area (TPSA) is 22.4 Å². The van der Waals surface area contributed by atoms with Gasteiger partial charge in [-0.1, -0.05) is 48.9 Å². The van der Waals surface area contributed by atoms with Crippen LogP contribution in [-0.4, -0.2) is 30.2 Å². The number of likely N-dealkylation sites (tertiary alicyclic amines) is 1. The minimum absolute atomic E-state index is 0.687. The molecule has 1 aliphatic heterocycles. The van der Waals surface area contributed by atoms with E-state index in [4.69, 9.17) is 20.8 Å². The molecular weight excluding hydrogens is 418 g/mol. The first-order valence-corrected chi connectivity index (χ1v) is 12.2. The van der Waals surface area contributed by atoms with E-state index in [1.165, 1.54) is 37.8 Å². The number of fused-ring (bicyclic) bond motifs is 3. The fourth-order valence-electron chi connectivity index (χ4n) is 5.55. The van der Waals surface area contributed by atoms with Crippen LogP contribution in [0.4, 0.5) is 0 Å². The van der Waals surface area contributed by atoms with Gasteiger partial charge in [0.15, 0.2) is 0 Å². The molecule has 3 aromatic carbocycles. The van der Waals surface area contributed by atoms with Crippen molar-refractivity contribution in [3.63, 3.8) is 0 Å². The number of quaternary nitrogens is 1. The Morgan fingerprint density at radius 3 is 2.56 bits per heavy atom. The molecule has 0 amide bonds. The second kappa shape index (κ2) is 9.17. The van der Waals surface area contributed by atoms with Crippen LogP contribution in [0.2, 0.25) is 5.02 Å². The molecule has 0 N–H and O–H groups in total. The van der Waals surface area contributed by atoms with Gasteiger partial charge in [0.1, 0.15) is 36.6 Å². The third kappa shape index (κ3) is 4.24. The summed E-state index contributed by atoms with van der Waals surface area (Å²) >= 11 is 6.13.